The summed E-state index contributed by atoms with van der Waals surface area (Å²) in [4.78, 5) is 16.1. The summed E-state index contributed by atoms with van der Waals surface area (Å²) < 4.78 is 5.82. The summed E-state index contributed by atoms with van der Waals surface area (Å²) in [5, 5.41) is 2.96. The maximum absolute atomic E-state index is 12.0. The van der Waals surface area contributed by atoms with E-state index in [4.69, 9.17) is 4.74 Å². The summed E-state index contributed by atoms with van der Waals surface area (Å²) >= 11 is 3.33. The van der Waals surface area contributed by atoms with E-state index in [1.807, 2.05) is 6.07 Å². The Hall–Kier alpha value is -0.940. The Labute approximate surface area is 115 Å². The van der Waals surface area contributed by atoms with Gasteiger partial charge in [-0.1, -0.05) is 0 Å². The van der Waals surface area contributed by atoms with Gasteiger partial charge in [-0.15, -0.1) is 0 Å². The normalized spacial score (nSPS) is 16.3. The van der Waals surface area contributed by atoms with Crippen LogP contribution in [0.25, 0.3) is 0 Å². The molecule has 5 heteroatoms. The molecule has 0 atom stereocenters. The standard InChI is InChI=1S/C13H17BrN2O2/c1-18-8-6-13(4-5-13)9-16-12(17)11-10(14)3-2-7-15-11/h2-3,7H,4-6,8-9H2,1H3,(H,16,17). The number of pyridine rings is 1. The third kappa shape index (κ3) is 3.29. The highest BCUT2D eigenvalue weighted by molar-refractivity contribution is 9.10. The monoisotopic (exact) mass is 312 g/mol. The van der Waals surface area contributed by atoms with Crippen LogP contribution in [0.2, 0.25) is 0 Å². The second-order valence-electron chi connectivity index (χ2n) is 4.76. The first kappa shape index (κ1) is 13.5. The fourth-order valence-corrected chi connectivity index (χ4v) is 2.35. The van der Waals surface area contributed by atoms with E-state index in [0.29, 0.717) is 12.2 Å². The van der Waals surface area contributed by atoms with Crippen LogP contribution in [0, 0.1) is 5.41 Å². The molecule has 1 saturated carbocycles. The van der Waals surface area contributed by atoms with Gasteiger partial charge in [0.25, 0.3) is 5.91 Å². The van der Waals surface area contributed by atoms with Gasteiger partial charge in [-0.25, -0.2) is 4.98 Å². The quantitative estimate of drug-likeness (QED) is 0.877. The lowest BCUT2D eigenvalue weighted by Crippen LogP contribution is -2.31. The van der Waals surface area contributed by atoms with Crippen molar-refractivity contribution in [3.8, 4) is 0 Å². The largest absolute Gasteiger partial charge is 0.385 e. The molecule has 1 amide bonds. The molecule has 0 spiro atoms. The van der Waals surface area contributed by atoms with E-state index in [1.54, 1.807) is 19.4 Å². The smallest absolute Gasteiger partial charge is 0.271 e. The molecule has 0 saturated heterocycles. The summed E-state index contributed by atoms with van der Waals surface area (Å²) in [6.07, 6.45) is 4.96. The average Bonchev–Trinajstić information content (AvgIpc) is 3.15. The van der Waals surface area contributed by atoms with Crippen molar-refractivity contribution in [2.75, 3.05) is 20.3 Å². The Morgan fingerprint density at radius 3 is 3.00 bits per heavy atom. The highest BCUT2D eigenvalue weighted by atomic mass is 79.9. The zero-order valence-electron chi connectivity index (χ0n) is 10.4. The van der Waals surface area contributed by atoms with Crippen LogP contribution in [0.4, 0.5) is 0 Å². The summed E-state index contributed by atoms with van der Waals surface area (Å²) in [5.41, 5.74) is 0.701. The van der Waals surface area contributed by atoms with Gasteiger partial charge in [0, 0.05) is 30.9 Å². The summed E-state index contributed by atoms with van der Waals surface area (Å²) in [6, 6.07) is 3.61. The van der Waals surface area contributed by atoms with Crippen molar-refractivity contribution < 1.29 is 9.53 Å². The Morgan fingerprint density at radius 1 is 1.61 bits per heavy atom. The molecule has 1 heterocycles. The van der Waals surface area contributed by atoms with Crippen molar-refractivity contribution >= 4 is 21.8 Å². The minimum absolute atomic E-state index is 0.119. The first-order chi connectivity index (χ1) is 8.67. The Morgan fingerprint density at radius 2 is 2.39 bits per heavy atom. The SMILES string of the molecule is COCCC1(CNC(=O)c2ncccc2Br)CC1. The summed E-state index contributed by atoms with van der Waals surface area (Å²) in [7, 11) is 1.71. The number of amides is 1. The number of hydrogen-bond acceptors (Lipinski definition) is 3. The number of ether oxygens (including phenoxy) is 1. The molecule has 1 aliphatic carbocycles. The number of nitrogens with zero attached hydrogens (tertiary/aromatic N) is 1. The van der Waals surface area contributed by atoms with Gasteiger partial charge in [0.2, 0.25) is 0 Å². The van der Waals surface area contributed by atoms with Gasteiger partial charge in [0.05, 0.1) is 0 Å². The first-order valence-electron chi connectivity index (χ1n) is 6.04. The first-order valence-corrected chi connectivity index (χ1v) is 6.84. The van der Waals surface area contributed by atoms with E-state index in [0.717, 1.165) is 17.5 Å². The van der Waals surface area contributed by atoms with Crippen molar-refractivity contribution in [2.24, 2.45) is 5.41 Å². The van der Waals surface area contributed by atoms with E-state index in [1.165, 1.54) is 12.8 Å². The maximum atomic E-state index is 12.0. The van der Waals surface area contributed by atoms with Crippen LogP contribution in [-0.4, -0.2) is 31.2 Å². The minimum Gasteiger partial charge on any atom is -0.385 e. The molecule has 0 bridgehead atoms. The van der Waals surface area contributed by atoms with E-state index < -0.39 is 0 Å². The van der Waals surface area contributed by atoms with Gasteiger partial charge in [-0.2, -0.15) is 0 Å². The van der Waals surface area contributed by atoms with Gasteiger partial charge in [-0.3, -0.25) is 4.79 Å². The Kier molecular flexibility index (Phi) is 4.35. The van der Waals surface area contributed by atoms with E-state index in [-0.39, 0.29) is 11.3 Å². The molecule has 0 radical (unpaired) electrons. The average molecular weight is 313 g/mol. The van der Waals surface area contributed by atoms with Crippen LogP contribution in [-0.2, 0) is 4.74 Å². The Bertz CT molecular complexity index is 433. The van der Waals surface area contributed by atoms with Gasteiger partial charge < -0.3 is 10.1 Å². The molecule has 18 heavy (non-hydrogen) atoms. The minimum atomic E-state index is -0.119. The number of carbonyl (C=O) groups is 1. The molecule has 1 N–H and O–H groups in total. The molecule has 1 aliphatic rings. The zero-order chi connectivity index (χ0) is 13.0. The van der Waals surface area contributed by atoms with E-state index in [2.05, 4.69) is 26.2 Å². The predicted octanol–water partition coefficient (Wildman–Crippen LogP) is 2.39. The molecular weight excluding hydrogens is 296 g/mol. The van der Waals surface area contributed by atoms with Gasteiger partial charge in [-0.05, 0) is 52.7 Å². The predicted molar refractivity (Wildman–Crippen MR) is 72.4 cm³/mol. The molecule has 1 aromatic heterocycles. The lowest BCUT2D eigenvalue weighted by atomic mass is 10.0. The fraction of sp³-hybridized carbons (Fsp3) is 0.538. The molecule has 1 aromatic rings. The van der Waals surface area contributed by atoms with E-state index >= 15 is 0 Å². The summed E-state index contributed by atoms with van der Waals surface area (Å²) in [6.45, 7) is 1.46. The third-order valence-electron chi connectivity index (χ3n) is 3.39. The third-order valence-corrected chi connectivity index (χ3v) is 4.03. The topological polar surface area (TPSA) is 51.2 Å². The molecule has 0 aromatic carbocycles. The van der Waals surface area contributed by atoms with Crippen LogP contribution in [0.15, 0.2) is 22.8 Å². The van der Waals surface area contributed by atoms with Crippen molar-refractivity contribution in [1.29, 1.82) is 0 Å². The van der Waals surface area contributed by atoms with Crippen molar-refractivity contribution in [1.82, 2.24) is 10.3 Å². The Balaban J connectivity index is 1.87. The fourth-order valence-electron chi connectivity index (χ4n) is 1.91. The van der Waals surface area contributed by atoms with Gasteiger partial charge >= 0.3 is 0 Å². The highest BCUT2D eigenvalue weighted by Gasteiger charge is 2.42. The molecule has 2 rings (SSSR count). The van der Waals surface area contributed by atoms with Crippen LogP contribution < -0.4 is 5.32 Å². The molecule has 0 aliphatic heterocycles. The van der Waals surface area contributed by atoms with Gasteiger partial charge in [0.15, 0.2) is 0 Å². The molecule has 1 fully saturated rings. The number of hydrogen-bond donors (Lipinski definition) is 1. The number of nitrogens with one attached hydrogen (secondary N) is 1. The van der Waals surface area contributed by atoms with Crippen LogP contribution in [0.5, 0.6) is 0 Å². The molecule has 0 unspecified atom stereocenters. The second-order valence-corrected chi connectivity index (χ2v) is 5.61. The van der Waals surface area contributed by atoms with E-state index in [9.17, 15) is 4.79 Å². The maximum Gasteiger partial charge on any atom is 0.271 e. The molecule has 4 nitrogen and oxygen atoms in total. The van der Waals surface area contributed by atoms with Gasteiger partial charge in [0.1, 0.15) is 5.69 Å². The lowest BCUT2D eigenvalue weighted by Gasteiger charge is -2.15. The number of halogens is 1. The number of aromatic nitrogens is 1. The lowest BCUT2D eigenvalue weighted by molar-refractivity contribution is 0.0932. The molecular formula is C13H17BrN2O2. The van der Waals surface area contributed by atoms with Crippen molar-refractivity contribution in [3.63, 3.8) is 0 Å². The summed E-state index contributed by atoms with van der Waals surface area (Å²) in [5.74, 6) is -0.119. The second kappa shape index (κ2) is 5.80. The number of methoxy groups -OCH3 is 1. The van der Waals surface area contributed by atoms with Crippen LogP contribution >= 0.6 is 15.9 Å². The van der Waals surface area contributed by atoms with Crippen molar-refractivity contribution in [3.05, 3.63) is 28.5 Å². The van der Waals surface area contributed by atoms with Crippen LogP contribution in [0.3, 0.4) is 0 Å². The number of carbonyl (C=O) groups excluding carboxylic acids is 1. The highest BCUT2D eigenvalue weighted by Crippen LogP contribution is 2.48. The van der Waals surface area contributed by atoms with Crippen molar-refractivity contribution in [2.45, 2.75) is 19.3 Å². The van der Waals surface area contributed by atoms with Crippen LogP contribution in [0.1, 0.15) is 29.8 Å². The molecule has 98 valence electrons. The zero-order valence-corrected chi connectivity index (χ0v) is 12.0. The number of rotatable bonds is 6.